The van der Waals surface area contributed by atoms with E-state index in [4.69, 9.17) is 13.9 Å². The van der Waals surface area contributed by atoms with Gasteiger partial charge in [0.05, 0.1) is 25.5 Å². The van der Waals surface area contributed by atoms with Gasteiger partial charge in [0.1, 0.15) is 5.76 Å². The average molecular weight is 308 g/mol. The molecule has 2 fully saturated rings. The van der Waals surface area contributed by atoms with E-state index in [0.717, 1.165) is 25.1 Å². The third-order valence-corrected chi connectivity index (χ3v) is 4.62. The third-order valence-electron chi connectivity index (χ3n) is 4.62. The lowest BCUT2D eigenvalue weighted by molar-refractivity contribution is -0.189. The van der Waals surface area contributed by atoms with Crippen LogP contribution in [0.15, 0.2) is 22.8 Å². The SMILES string of the molecule is C[C@@H](NC(=O)N1CCC[C@H](C2(C)OCCO2)C1)c1ccco1. The summed E-state index contributed by atoms with van der Waals surface area (Å²) in [6.45, 7) is 6.60. The average Bonchev–Trinajstić information content (AvgIpc) is 3.19. The minimum absolute atomic E-state index is 0.0600. The second kappa shape index (κ2) is 6.30. The summed E-state index contributed by atoms with van der Waals surface area (Å²) in [5.41, 5.74) is 0. The first-order valence-electron chi connectivity index (χ1n) is 7.95. The standard InChI is InChI=1S/C16H24N2O4/c1-12(14-6-4-8-20-14)17-15(19)18-7-3-5-13(11-18)16(2)21-9-10-22-16/h4,6,8,12-13H,3,5,7,9-11H2,1-2H3,(H,17,19)/t12-,13+/m1/s1. The van der Waals surface area contributed by atoms with E-state index in [2.05, 4.69) is 5.32 Å². The fraction of sp³-hybridized carbons (Fsp3) is 0.688. The maximum Gasteiger partial charge on any atom is 0.317 e. The van der Waals surface area contributed by atoms with Crippen LogP contribution < -0.4 is 5.32 Å². The molecule has 0 bridgehead atoms. The summed E-state index contributed by atoms with van der Waals surface area (Å²) in [7, 11) is 0. The van der Waals surface area contributed by atoms with Crippen molar-refractivity contribution in [2.45, 2.75) is 38.5 Å². The molecular weight excluding hydrogens is 284 g/mol. The Balaban J connectivity index is 1.58. The Hall–Kier alpha value is -1.53. The van der Waals surface area contributed by atoms with E-state index in [9.17, 15) is 4.79 Å². The number of piperidine rings is 1. The first kappa shape index (κ1) is 15.4. The maximum absolute atomic E-state index is 12.5. The zero-order chi connectivity index (χ0) is 15.6. The molecule has 2 amide bonds. The second-order valence-corrected chi connectivity index (χ2v) is 6.18. The van der Waals surface area contributed by atoms with Gasteiger partial charge in [0.2, 0.25) is 0 Å². The Labute approximate surface area is 130 Å². The highest BCUT2D eigenvalue weighted by Gasteiger charge is 2.42. The van der Waals surface area contributed by atoms with Gasteiger partial charge in [-0.1, -0.05) is 0 Å². The summed E-state index contributed by atoms with van der Waals surface area (Å²) in [5.74, 6) is 0.427. The molecule has 6 nitrogen and oxygen atoms in total. The lowest BCUT2D eigenvalue weighted by atomic mass is 9.90. The van der Waals surface area contributed by atoms with Crippen LogP contribution in [0.4, 0.5) is 4.79 Å². The van der Waals surface area contributed by atoms with Crippen LogP contribution in [0.1, 0.15) is 38.5 Å². The number of carbonyl (C=O) groups excluding carboxylic acids is 1. The molecule has 2 atom stereocenters. The number of carbonyl (C=O) groups is 1. The van der Waals surface area contributed by atoms with E-state index in [1.807, 2.05) is 30.9 Å². The van der Waals surface area contributed by atoms with Crippen molar-refractivity contribution < 1.29 is 18.7 Å². The van der Waals surface area contributed by atoms with Crippen LogP contribution in [-0.2, 0) is 9.47 Å². The lowest BCUT2D eigenvalue weighted by Gasteiger charge is -2.40. The van der Waals surface area contributed by atoms with Gasteiger partial charge >= 0.3 is 6.03 Å². The van der Waals surface area contributed by atoms with Crippen LogP contribution in [-0.4, -0.2) is 43.0 Å². The molecule has 0 aromatic carbocycles. The Morgan fingerprint density at radius 2 is 2.23 bits per heavy atom. The first-order valence-corrected chi connectivity index (χ1v) is 7.95. The summed E-state index contributed by atoms with van der Waals surface area (Å²) in [4.78, 5) is 14.3. The minimum Gasteiger partial charge on any atom is -0.467 e. The minimum atomic E-state index is -0.550. The number of rotatable bonds is 3. The van der Waals surface area contributed by atoms with Gasteiger partial charge in [0.15, 0.2) is 5.79 Å². The van der Waals surface area contributed by atoms with Crippen molar-refractivity contribution in [3.05, 3.63) is 24.2 Å². The molecule has 0 spiro atoms. The van der Waals surface area contributed by atoms with E-state index in [1.54, 1.807) is 6.26 Å². The van der Waals surface area contributed by atoms with E-state index in [1.165, 1.54) is 0 Å². The fourth-order valence-corrected chi connectivity index (χ4v) is 3.24. The largest absolute Gasteiger partial charge is 0.467 e. The Morgan fingerprint density at radius 3 is 2.91 bits per heavy atom. The molecule has 0 saturated carbocycles. The van der Waals surface area contributed by atoms with Crippen molar-refractivity contribution in [2.75, 3.05) is 26.3 Å². The number of hydrogen-bond acceptors (Lipinski definition) is 4. The molecule has 2 aliphatic heterocycles. The highest BCUT2D eigenvalue weighted by atomic mass is 16.7. The molecule has 1 aromatic heterocycles. The van der Waals surface area contributed by atoms with Gasteiger partial charge in [-0.25, -0.2) is 4.79 Å². The molecular formula is C16H24N2O4. The Kier molecular flexibility index (Phi) is 4.40. The number of likely N-dealkylation sites (tertiary alicyclic amines) is 1. The van der Waals surface area contributed by atoms with Crippen molar-refractivity contribution in [1.29, 1.82) is 0 Å². The number of urea groups is 1. The monoisotopic (exact) mass is 308 g/mol. The first-order chi connectivity index (χ1) is 10.6. The van der Waals surface area contributed by atoms with Gasteiger partial charge in [-0.15, -0.1) is 0 Å². The van der Waals surface area contributed by atoms with Crippen LogP contribution in [0, 0.1) is 5.92 Å². The molecule has 0 radical (unpaired) electrons. The quantitative estimate of drug-likeness (QED) is 0.932. The van der Waals surface area contributed by atoms with Gasteiger partial charge in [-0.2, -0.15) is 0 Å². The van der Waals surface area contributed by atoms with Crippen LogP contribution in [0.3, 0.4) is 0 Å². The number of nitrogens with one attached hydrogen (secondary N) is 1. The smallest absolute Gasteiger partial charge is 0.317 e. The van der Waals surface area contributed by atoms with Crippen molar-refractivity contribution >= 4 is 6.03 Å². The summed E-state index contributed by atoms with van der Waals surface area (Å²) in [6, 6.07) is 3.49. The van der Waals surface area contributed by atoms with Crippen molar-refractivity contribution in [3.63, 3.8) is 0 Å². The zero-order valence-corrected chi connectivity index (χ0v) is 13.2. The molecule has 0 aliphatic carbocycles. The molecule has 2 saturated heterocycles. The summed E-state index contributed by atoms with van der Waals surface area (Å²) in [6.07, 6.45) is 3.61. The predicted octanol–water partition coefficient (Wildman–Crippen LogP) is 2.53. The number of amides is 2. The molecule has 3 heterocycles. The van der Waals surface area contributed by atoms with Crippen molar-refractivity contribution in [2.24, 2.45) is 5.92 Å². The molecule has 22 heavy (non-hydrogen) atoms. The summed E-state index contributed by atoms with van der Waals surface area (Å²) < 4.78 is 16.8. The highest BCUT2D eigenvalue weighted by molar-refractivity contribution is 5.74. The number of furan rings is 1. The normalized spacial score (nSPS) is 25.9. The molecule has 1 aromatic rings. The van der Waals surface area contributed by atoms with Gasteiger partial charge in [0.25, 0.3) is 0 Å². The molecule has 6 heteroatoms. The van der Waals surface area contributed by atoms with E-state index in [-0.39, 0.29) is 18.0 Å². The van der Waals surface area contributed by atoms with Crippen LogP contribution in [0.25, 0.3) is 0 Å². The summed E-state index contributed by atoms with van der Waals surface area (Å²) in [5, 5.41) is 2.99. The predicted molar refractivity (Wildman–Crippen MR) is 80.3 cm³/mol. The van der Waals surface area contributed by atoms with Gasteiger partial charge in [-0.3, -0.25) is 0 Å². The van der Waals surface area contributed by atoms with Gasteiger partial charge in [0, 0.05) is 19.0 Å². The molecule has 0 unspecified atom stereocenters. The summed E-state index contributed by atoms with van der Waals surface area (Å²) >= 11 is 0. The van der Waals surface area contributed by atoms with Gasteiger partial charge < -0.3 is 24.1 Å². The van der Waals surface area contributed by atoms with Gasteiger partial charge in [-0.05, 0) is 38.8 Å². The fourth-order valence-electron chi connectivity index (χ4n) is 3.24. The third kappa shape index (κ3) is 3.13. The maximum atomic E-state index is 12.5. The number of nitrogens with zero attached hydrogens (tertiary/aromatic N) is 1. The highest BCUT2D eigenvalue weighted by Crippen LogP contribution is 2.34. The lowest BCUT2D eigenvalue weighted by Crippen LogP contribution is -2.51. The van der Waals surface area contributed by atoms with E-state index >= 15 is 0 Å². The van der Waals surface area contributed by atoms with E-state index < -0.39 is 5.79 Å². The van der Waals surface area contributed by atoms with Crippen LogP contribution in [0.2, 0.25) is 0 Å². The van der Waals surface area contributed by atoms with Crippen molar-refractivity contribution in [1.82, 2.24) is 10.2 Å². The molecule has 3 rings (SSSR count). The molecule has 122 valence electrons. The number of hydrogen-bond donors (Lipinski definition) is 1. The topological polar surface area (TPSA) is 63.9 Å². The molecule has 1 N–H and O–H groups in total. The van der Waals surface area contributed by atoms with E-state index in [0.29, 0.717) is 19.8 Å². The van der Waals surface area contributed by atoms with Crippen LogP contribution in [0.5, 0.6) is 0 Å². The Morgan fingerprint density at radius 1 is 1.45 bits per heavy atom. The van der Waals surface area contributed by atoms with Crippen molar-refractivity contribution in [3.8, 4) is 0 Å². The molecule has 2 aliphatic rings. The van der Waals surface area contributed by atoms with Crippen LogP contribution >= 0.6 is 0 Å². The number of ether oxygens (including phenoxy) is 2. The second-order valence-electron chi connectivity index (χ2n) is 6.18. The zero-order valence-electron chi connectivity index (χ0n) is 13.2. The Bertz CT molecular complexity index is 496.